The van der Waals surface area contributed by atoms with Gasteiger partial charge in [-0.15, -0.1) is 0 Å². The van der Waals surface area contributed by atoms with Gasteiger partial charge in [-0.2, -0.15) is 0 Å². The van der Waals surface area contributed by atoms with Gasteiger partial charge in [0.1, 0.15) is 11.4 Å². The summed E-state index contributed by atoms with van der Waals surface area (Å²) in [6.45, 7) is 3.81. The van der Waals surface area contributed by atoms with E-state index in [0.29, 0.717) is 12.2 Å². The Labute approximate surface area is 168 Å². The number of pyridine rings is 1. The number of halogens is 1. The third kappa shape index (κ3) is 3.38. The topological polar surface area (TPSA) is 53.5 Å². The average Bonchev–Trinajstić information content (AvgIpc) is 2.89. The molecule has 0 unspecified atom stereocenters. The Morgan fingerprint density at radius 2 is 1.62 bits per heavy atom. The number of hydrogen-bond donors (Lipinski definition) is 0. The first-order valence-electron chi connectivity index (χ1n) is 9.29. The van der Waals surface area contributed by atoms with Crippen LogP contribution in [-0.4, -0.2) is 27.4 Å². The molecule has 0 bridgehead atoms. The van der Waals surface area contributed by atoms with Crippen LogP contribution in [0.3, 0.4) is 0 Å². The van der Waals surface area contributed by atoms with Crippen molar-refractivity contribution in [3.05, 3.63) is 84.4 Å². The molecule has 1 aliphatic heterocycles. The van der Waals surface area contributed by atoms with E-state index in [2.05, 4.69) is 4.98 Å². The second-order valence-corrected chi connectivity index (χ2v) is 7.48. The van der Waals surface area contributed by atoms with E-state index in [1.54, 1.807) is 61.5 Å². The van der Waals surface area contributed by atoms with Crippen LogP contribution < -0.4 is 4.90 Å². The van der Waals surface area contributed by atoms with Crippen molar-refractivity contribution in [2.45, 2.75) is 25.9 Å². The molecule has 1 saturated heterocycles. The molecule has 2 heterocycles. The van der Waals surface area contributed by atoms with Crippen LogP contribution in [0.15, 0.2) is 73.1 Å². The molecule has 0 radical (unpaired) electrons. The third-order valence-corrected chi connectivity index (χ3v) is 5.20. The van der Waals surface area contributed by atoms with E-state index >= 15 is 0 Å². The Hall–Kier alpha value is -3.54. The molecule has 0 aliphatic carbocycles. The van der Waals surface area contributed by atoms with E-state index in [0.717, 1.165) is 16.7 Å². The van der Waals surface area contributed by atoms with Gasteiger partial charge < -0.3 is 4.90 Å². The predicted octanol–water partition coefficient (Wildman–Crippen LogP) is 4.64. The number of urea groups is 1. The molecule has 0 saturated carbocycles. The molecule has 2 aromatic carbocycles. The Morgan fingerprint density at radius 3 is 2.31 bits per heavy atom. The predicted molar refractivity (Wildman–Crippen MR) is 109 cm³/mol. The highest BCUT2D eigenvalue weighted by atomic mass is 19.1. The lowest BCUT2D eigenvalue weighted by Gasteiger charge is -2.27. The summed E-state index contributed by atoms with van der Waals surface area (Å²) < 4.78 is 13.2. The van der Waals surface area contributed by atoms with Crippen LogP contribution in [0.2, 0.25) is 0 Å². The SMILES string of the molecule is CC1(C)C(=O)N(c2cccc(-c3ccc(F)cc3)c2)C(=O)N1Cc1ccncc1. The Morgan fingerprint density at radius 1 is 0.931 bits per heavy atom. The molecule has 6 heteroatoms. The highest BCUT2D eigenvalue weighted by Gasteiger charge is 2.51. The van der Waals surface area contributed by atoms with Crippen molar-refractivity contribution in [3.63, 3.8) is 0 Å². The first-order valence-corrected chi connectivity index (χ1v) is 9.29. The highest BCUT2D eigenvalue weighted by Crippen LogP contribution is 2.34. The van der Waals surface area contributed by atoms with Crippen molar-refractivity contribution in [2.24, 2.45) is 0 Å². The molecule has 3 aromatic rings. The molecule has 29 heavy (non-hydrogen) atoms. The van der Waals surface area contributed by atoms with E-state index < -0.39 is 5.54 Å². The summed E-state index contributed by atoms with van der Waals surface area (Å²) in [7, 11) is 0. The number of nitrogens with zero attached hydrogens (tertiary/aromatic N) is 3. The molecular formula is C23H20FN3O2. The summed E-state index contributed by atoms with van der Waals surface area (Å²) >= 11 is 0. The Balaban J connectivity index is 1.68. The van der Waals surface area contributed by atoms with Crippen molar-refractivity contribution >= 4 is 17.6 Å². The normalized spacial score (nSPS) is 15.8. The van der Waals surface area contributed by atoms with Crippen LogP contribution in [0.5, 0.6) is 0 Å². The van der Waals surface area contributed by atoms with Crippen LogP contribution in [0, 0.1) is 5.82 Å². The van der Waals surface area contributed by atoms with Crippen molar-refractivity contribution in [3.8, 4) is 11.1 Å². The lowest BCUT2D eigenvalue weighted by molar-refractivity contribution is -0.123. The quantitative estimate of drug-likeness (QED) is 0.611. The fourth-order valence-electron chi connectivity index (χ4n) is 3.47. The second-order valence-electron chi connectivity index (χ2n) is 7.48. The van der Waals surface area contributed by atoms with Gasteiger partial charge in [-0.1, -0.05) is 24.3 Å². The molecule has 3 amide bonds. The van der Waals surface area contributed by atoms with E-state index in [1.807, 2.05) is 18.2 Å². The zero-order chi connectivity index (χ0) is 20.6. The van der Waals surface area contributed by atoms with Crippen LogP contribution in [-0.2, 0) is 11.3 Å². The maximum Gasteiger partial charge on any atom is 0.332 e. The minimum atomic E-state index is -0.980. The number of amides is 3. The highest BCUT2D eigenvalue weighted by molar-refractivity contribution is 6.23. The van der Waals surface area contributed by atoms with Gasteiger partial charge in [-0.3, -0.25) is 9.78 Å². The van der Waals surface area contributed by atoms with Crippen LogP contribution >= 0.6 is 0 Å². The first-order chi connectivity index (χ1) is 13.9. The molecule has 4 rings (SSSR count). The molecule has 146 valence electrons. The summed E-state index contributed by atoms with van der Waals surface area (Å²) in [6.07, 6.45) is 3.32. The minimum absolute atomic E-state index is 0.284. The number of anilines is 1. The molecule has 1 fully saturated rings. The Bertz CT molecular complexity index is 1060. The summed E-state index contributed by atoms with van der Waals surface area (Å²) in [4.78, 5) is 33.1. The standard InChI is InChI=1S/C23H20FN3O2/c1-23(2)21(28)27(22(29)26(23)15-16-10-12-25-13-11-16)20-5-3-4-18(14-20)17-6-8-19(24)9-7-17/h3-14H,15H2,1-2H3. The number of benzene rings is 2. The average molecular weight is 389 g/mol. The maximum atomic E-state index is 13.2. The molecule has 0 atom stereocenters. The number of rotatable bonds is 4. The lowest BCUT2D eigenvalue weighted by Crippen LogP contribution is -2.43. The van der Waals surface area contributed by atoms with Crippen LogP contribution in [0.4, 0.5) is 14.9 Å². The maximum absolute atomic E-state index is 13.2. The summed E-state index contributed by atoms with van der Waals surface area (Å²) in [5.41, 5.74) is 2.02. The molecular weight excluding hydrogens is 369 g/mol. The molecule has 0 N–H and O–H groups in total. The number of carbonyl (C=O) groups is 2. The first kappa shape index (κ1) is 18.8. The van der Waals surface area contributed by atoms with Crippen molar-refractivity contribution in [1.29, 1.82) is 0 Å². The van der Waals surface area contributed by atoms with Crippen LogP contribution in [0.25, 0.3) is 11.1 Å². The van der Waals surface area contributed by atoms with Gasteiger partial charge in [0.2, 0.25) is 0 Å². The molecule has 0 spiro atoms. The molecule has 5 nitrogen and oxygen atoms in total. The number of imide groups is 1. The van der Waals surface area contributed by atoms with Gasteiger partial charge in [-0.25, -0.2) is 14.1 Å². The van der Waals surface area contributed by atoms with Gasteiger partial charge in [0.05, 0.1) is 5.69 Å². The van der Waals surface area contributed by atoms with Gasteiger partial charge in [0.25, 0.3) is 5.91 Å². The summed E-state index contributed by atoms with van der Waals surface area (Å²) in [5.74, 6) is -0.601. The zero-order valence-electron chi connectivity index (χ0n) is 16.2. The summed E-state index contributed by atoms with van der Waals surface area (Å²) in [6, 6.07) is 16.5. The van der Waals surface area contributed by atoms with E-state index in [-0.39, 0.29) is 17.8 Å². The monoisotopic (exact) mass is 389 g/mol. The Kier molecular flexibility index (Phi) is 4.62. The number of carbonyl (C=O) groups excluding carboxylic acids is 2. The van der Waals surface area contributed by atoms with E-state index in [9.17, 15) is 14.0 Å². The molecule has 1 aromatic heterocycles. The van der Waals surface area contributed by atoms with Gasteiger partial charge in [0.15, 0.2) is 0 Å². The minimum Gasteiger partial charge on any atom is -0.305 e. The molecule has 1 aliphatic rings. The van der Waals surface area contributed by atoms with Gasteiger partial charge in [-0.05, 0) is 66.9 Å². The third-order valence-electron chi connectivity index (χ3n) is 5.20. The smallest absolute Gasteiger partial charge is 0.305 e. The van der Waals surface area contributed by atoms with Crippen molar-refractivity contribution in [1.82, 2.24) is 9.88 Å². The fourth-order valence-corrected chi connectivity index (χ4v) is 3.47. The fraction of sp³-hybridized carbons (Fsp3) is 0.174. The van der Waals surface area contributed by atoms with Crippen molar-refractivity contribution in [2.75, 3.05) is 4.90 Å². The van der Waals surface area contributed by atoms with E-state index in [4.69, 9.17) is 0 Å². The van der Waals surface area contributed by atoms with Gasteiger partial charge in [0, 0.05) is 18.9 Å². The number of hydrogen-bond acceptors (Lipinski definition) is 3. The lowest BCUT2D eigenvalue weighted by atomic mass is 10.0. The van der Waals surface area contributed by atoms with Gasteiger partial charge >= 0.3 is 6.03 Å². The van der Waals surface area contributed by atoms with Crippen LogP contribution in [0.1, 0.15) is 19.4 Å². The van der Waals surface area contributed by atoms with Crippen molar-refractivity contribution < 1.29 is 14.0 Å². The number of aromatic nitrogens is 1. The van der Waals surface area contributed by atoms with E-state index in [1.165, 1.54) is 17.0 Å². The second kappa shape index (κ2) is 7.13. The zero-order valence-corrected chi connectivity index (χ0v) is 16.2. The summed E-state index contributed by atoms with van der Waals surface area (Å²) in [5, 5.41) is 0. The largest absolute Gasteiger partial charge is 0.332 e.